The van der Waals surface area contributed by atoms with Gasteiger partial charge in [-0.1, -0.05) is 0 Å². The molecule has 0 radical (unpaired) electrons. The van der Waals surface area contributed by atoms with Crippen molar-refractivity contribution in [1.29, 1.82) is 0 Å². The number of nitrogens with zero attached hydrogens (tertiary/aromatic N) is 3. The van der Waals surface area contributed by atoms with E-state index in [4.69, 9.17) is 4.74 Å². The van der Waals surface area contributed by atoms with Crippen molar-refractivity contribution < 1.29 is 9.53 Å². The van der Waals surface area contributed by atoms with Gasteiger partial charge in [0.25, 0.3) is 5.56 Å². The fourth-order valence-corrected chi connectivity index (χ4v) is 1.67. The molecule has 1 aromatic heterocycles. The van der Waals surface area contributed by atoms with Crippen LogP contribution in [0.5, 0.6) is 0 Å². The number of carbonyl (C=O) groups excluding carboxylic acids is 1. The Balaban J connectivity index is 3.65. The number of ether oxygens (including phenoxy) is 1. The van der Waals surface area contributed by atoms with Crippen LogP contribution in [-0.4, -0.2) is 40.7 Å². The second-order valence-corrected chi connectivity index (χ2v) is 4.47. The van der Waals surface area contributed by atoms with E-state index in [1.165, 1.54) is 24.7 Å². The second-order valence-electron chi connectivity index (χ2n) is 4.47. The van der Waals surface area contributed by atoms with Crippen molar-refractivity contribution in [1.82, 2.24) is 14.0 Å². The molecule has 20 heavy (non-hydrogen) atoms. The van der Waals surface area contributed by atoms with Gasteiger partial charge in [-0.2, -0.15) is 0 Å². The van der Waals surface area contributed by atoms with E-state index in [0.717, 1.165) is 4.57 Å². The van der Waals surface area contributed by atoms with Gasteiger partial charge in [0.1, 0.15) is 5.56 Å². The summed E-state index contributed by atoms with van der Waals surface area (Å²) in [6.45, 7) is 1.81. The molecule has 0 aliphatic heterocycles. The summed E-state index contributed by atoms with van der Waals surface area (Å²) in [6.07, 6.45) is 3.19. The smallest absolute Gasteiger partial charge is 0.345 e. The Morgan fingerprint density at radius 2 is 1.85 bits per heavy atom. The van der Waals surface area contributed by atoms with E-state index in [1.807, 2.05) is 0 Å². The van der Waals surface area contributed by atoms with Gasteiger partial charge >= 0.3 is 11.7 Å². The molecule has 0 spiro atoms. The molecule has 0 saturated heterocycles. The zero-order valence-electron chi connectivity index (χ0n) is 12.3. The van der Waals surface area contributed by atoms with Crippen LogP contribution in [0.3, 0.4) is 0 Å². The molecule has 110 valence electrons. The van der Waals surface area contributed by atoms with Gasteiger partial charge in [-0.15, -0.1) is 0 Å². The maximum atomic E-state index is 12.1. The van der Waals surface area contributed by atoms with Crippen molar-refractivity contribution in [3.8, 4) is 0 Å². The van der Waals surface area contributed by atoms with Crippen LogP contribution in [0.15, 0.2) is 15.8 Å². The van der Waals surface area contributed by atoms with E-state index in [-0.39, 0.29) is 17.9 Å². The lowest BCUT2D eigenvalue weighted by atomic mass is 10.2. The Hall–Kier alpha value is -2.31. The highest BCUT2D eigenvalue weighted by atomic mass is 16.5. The normalized spacial score (nSPS) is 10.8. The molecule has 7 heteroatoms. The van der Waals surface area contributed by atoms with E-state index < -0.39 is 17.2 Å². The maximum absolute atomic E-state index is 12.1. The Bertz CT molecular complexity index is 653. The summed E-state index contributed by atoms with van der Waals surface area (Å²) < 4.78 is 7.02. The van der Waals surface area contributed by atoms with E-state index in [1.54, 1.807) is 32.1 Å². The third-order valence-corrected chi connectivity index (χ3v) is 2.72. The quantitative estimate of drug-likeness (QED) is 0.714. The molecule has 0 bridgehead atoms. The Morgan fingerprint density at radius 3 is 2.35 bits per heavy atom. The van der Waals surface area contributed by atoms with Crippen LogP contribution in [0.2, 0.25) is 0 Å². The van der Waals surface area contributed by atoms with Gasteiger partial charge in [0.2, 0.25) is 0 Å². The number of rotatable bonds is 4. The van der Waals surface area contributed by atoms with Crippen molar-refractivity contribution in [2.45, 2.75) is 6.92 Å². The van der Waals surface area contributed by atoms with Gasteiger partial charge in [0.15, 0.2) is 0 Å². The fourth-order valence-electron chi connectivity index (χ4n) is 1.67. The van der Waals surface area contributed by atoms with E-state index in [2.05, 4.69) is 0 Å². The highest BCUT2D eigenvalue weighted by molar-refractivity contribution is 5.92. The largest absolute Gasteiger partial charge is 0.462 e. The van der Waals surface area contributed by atoms with E-state index >= 15 is 0 Å². The van der Waals surface area contributed by atoms with Crippen molar-refractivity contribution in [3.05, 3.63) is 38.3 Å². The van der Waals surface area contributed by atoms with Crippen molar-refractivity contribution in [3.63, 3.8) is 0 Å². The molecule has 0 saturated carbocycles. The Kier molecular flexibility index (Phi) is 4.90. The second kappa shape index (κ2) is 6.23. The standard InChI is InChI=1S/C13H19N3O4/c1-6-20-12(18)10-9(7-8-14(2)3)15(4)13(19)16(5)11(10)17/h7-8H,6H2,1-5H3/b8-7+. The third kappa shape index (κ3) is 2.98. The summed E-state index contributed by atoms with van der Waals surface area (Å²) in [5, 5.41) is 0. The zero-order chi connectivity index (χ0) is 15.4. The predicted octanol–water partition coefficient (Wildman–Crippen LogP) is -0.207. The third-order valence-electron chi connectivity index (χ3n) is 2.72. The Labute approximate surface area is 116 Å². The first-order valence-electron chi connectivity index (χ1n) is 6.13. The van der Waals surface area contributed by atoms with Gasteiger partial charge in [-0.3, -0.25) is 13.9 Å². The maximum Gasteiger partial charge on any atom is 0.345 e. The van der Waals surface area contributed by atoms with Crippen LogP contribution >= 0.6 is 0 Å². The predicted molar refractivity (Wildman–Crippen MR) is 75.6 cm³/mol. The van der Waals surface area contributed by atoms with Crippen LogP contribution in [0.4, 0.5) is 0 Å². The highest BCUT2D eigenvalue weighted by Crippen LogP contribution is 2.06. The number of hydrogen-bond donors (Lipinski definition) is 0. The van der Waals surface area contributed by atoms with Crippen LogP contribution in [0.25, 0.3) is 6.08 Å². The zero-order valence-corrected chi connectivity index (χ0v) is 12.3. The van der Waals surface area contributed by atoms with Crippen LogP contribution < -0.4 is 11.2 Å². The first-order chi connectivity index (χ1) is 9.31. The topological polar surface area (TPSA) is 73.5 Å². The minimum absolute atomic E-state index is 0.144. The number of hydrogen-bond acceptors (Lipinski definition) is 5. The van der Waals surface area contributed by atoms with E-state index in [9.17, 15) is 14.4 Å². The average Bonchev–Trinajstić information content (AvgIpc) is 2.38. The van der Waals surface area contributed by atoms with Crippen molar-refractivity contribution >= 4 is 12.0 Å². The molecule has 1 aromatic rings. The van der Waals surface area contributed by atoms with Crippen molar-refractivity contribution in [2.75, 3.05) is 20.7 Å². The first kappa shape index (κ1) is 15.7. The molecule has 0 N–H and O–H groups in total. The average molecular weight is 281 g/mol. The van der Waals surface area contributed by atoms with Gasteiger partial charge in [0, 0.05) is 34.4 Å². The fraction of sp³-hybridized carbons (Fsp3) is 0.462. The molecule has 1 rings (SSSR count). The summed E-state index contributed by atoms with van der Waals surface area (Å²) in [5.74, 6) is -0.734. The molecular weight excluding hydrogens is 262 g/mol. The lowest BCUT2D eigenvalue weighted by Gasteiger charge is -2.12. The monoisotopic (exact) mass is 281 g/mol. The summed E-state index contributed by atoms with van der Waals surface area (Å²) in [4.78, 5) is 37.7. The minimum Gasteiger partial charge on any atom is -0.462 e. The summed E-state index contributed by atoms with van der Waals surface area (Å²) in [7, 11) is 6.41. The van der Waals surface area contributed by atoms with Gasteiger partial charge < -0.3 is 9.64 Å². The molecule has 0 fully saturated rings. The minimum atomic E-state index is -0.734. The summed E-state index contributed by atoms with van der Waals surface area (Å²) in [5.41, 5.74) is -1.08. The van der Waals surface area contributed by atoms with Crippen LogP contribution in [-0.2, 0) is 18.8 Å². The van der Waals surface area contributed by atoms with Gasteiger partial charge in [-0.25, -0.2) is 9.59 Å². The molecule has 0 aliphatic rings. The lowest BCUT2D eigenvalue weighted by Crippen LogP contribution is -2.42. The number of esters is 1. The molecule has 1 heterocycles. The van der Waals surface area contributed by atoms with E-state index in [0.29, 0.717) is 0 Å². The Morgan fingerprint density at radius 1 is 1.25 bits per heavy atom. The first-order valence-corrected chi connectivity index (χ1v) is 6.13. The van der Waals surface area contributed by atoms with Crippen molar-refractivity contribution in [2.24, 2.45) is 14.1 Å². The molecule has 0 unspecified atom stereocenters. The molecule has 7 nitrogen and oxygen atoms in total. The number of carbonyl (C=O) groups is 1. The molecular formula is C13H19N3O4. The highest BCUT2D eigenvalue weighted by Gasteiger charge is 2.21. The van der Waals surface area contributed by atoms with Crippen LogP contribution in [0, 0.1) is 0 Å². The molecule has 0 aliphatic carbocycles. The van der Waals surface area contributed by atoms with Crippen LogP contribution in [0.1, 0.15) is 23.0 Å². The lowest BCUT2D eigenvalue weighted by molar-refractivity contribution is 0.0522. The summed E-state index contributed by atoms with van der Waals surface area (Å²) >= 11 is 0. The van der Waals surface area contributed by atoms with Gasteiger partial charge in [0.05, 0.1) is 12.3 Å². The van der Waals surface area contributed by atoms with Gasteiger partial charge in [-0.05, 0) is 13.0 Å². The molecule has 0 amide bonds. The molecule has 0 atom stereocenters. The molecule has 0 aromatic carbocycles. The summed E-state index contributed by atoms with van der Waals surface area (Å²) in [6, 6.07) is 0. The number of aromatic nitrogens is 2. The SMILES string of the molecule is CCOC(=O)c1c(/C=C/N(C)C)n(C)c(=O)n(C)c1=O.